The second-order valence-corrected chi connectivity index (χ2v) is 7.91. The summed E-state index contributed by atoms with van der Waals surface area (Å²) in [7, 11) is 1.63. The summed E-state index contributed by atoms with van der Waals surface area (Å²) in [6.07, 6.45) is 1.58. The maximum absolute atomic E-state index is 12.3. The number of furan rings is 1. The van der Waals surface area contributed by atoms with Crippen LogP contribution in [0, 0.1) is 0 Å². The average molecular weight is 446 g/mol. The number of hydrogen-bond donors (Lipinski definition) is 1. The summed E-state index contributed by atoms with van der Waals surface area (Å²) in [6, 6.07) is 19.1. The molecule has 2 aromatic carbocycles. The average Bonchev–Trinajstić information content (AvgIpc) is 3.51. The van der Waals surface area contributed by atoms with E-state index in [2.05, 4.69) is 15.5 Å². The van der Waals surface area contributed by atoms with Gasteiger partial charge in [0.15, 0.2) is 10.8 Å². The monoisotopic (exact) mass is 445 g/mol. The van der Waals surface area contributed by atoms with Crippen molar-refractivity contribution < 1.29 is 13.9 Å². The van der Waals surface area contributed by atoms with Gasteiger partial charge in [-0.1, -0.05) is 23.9 Å². The Morgan fingerprint density at radius 3 is 2.72 bits per heavy atom. The summed E-state index contributed by atoms with van der Waals surface area (Å²) in [4.78, 5) is 17.2. The van der Waals surface area contributed by atoms with Gasteiger partial charge in [-0.3, -0.25) is 9.20 Å². The van der Waals surface area contributed by atoms with Gasteiger partial charge < -0.3 is 14.5 Å². The van der Waals surface area contributed by atoms with Crippen LogP contribution in [0.3, 0.4) is 0 Å². The van der Waals surface area contributed by atoms with E-state index in [4.69, 9.17) is 14.1 Å². The zero-order chi connectivity index (χ0) is 21.9. The zero-order valence-electron chi connectivity index (χ0n) is 17.2. The maximum atomic E-state index is 12.3. The van der Waals surface area contributed by atoms with Crippen molar-refractivity contribution in [3.05, 3.63) is 72.7 Å². The number of hydrogen-bond acceptors (Lipinski definition) is 7. The quantitative estimate of drug-likeness (QED) is 0.379. The zero-order valence-corrected chi connectivity index (χ0v) is 18.0. The lowest BCUT2D eigenvalue weighted by atomic mass is 10.1. The van der Waals surface area contributed by atoms with Crippen LogP contribution in [-0.2, 0) is 11.3 Å². The largest absolute Gasteiger partial charge is 0.497 e. The molecule has 3 aromatic heterocycles. The number of aromatic nitrogens is 4. The van der Waals surface area contributed by atoms with Gasteiger partial charge >= 0.3 is 0 Å². The number of amides is 1. The Morgan fingerprint density at radius 1 is 1.09 bits per heavy atom. The molecule has 160 valence electrons. The van der Waals surface area contributed by atoms with E-state index in [0.717, 1.165) is 22.2 Å². The van der Waals surface area contributed by atoms with Gasteiger partial charge in [0.25, 0.3) is 0 Å². The fourth-order valence-corrected chi connectivity index (χ4v) is 4.13. The van der Waals surface area contributed by atoms with Crippen molar-refractivity contribution in [2.24, 2.45) is 0 Å². The highest BCUT2D eigenvalue weighted by atomic mass is 32.2. The van der Waals surface area contributed by atoms with Gasteiger partial charge in [-0.05, 0) is 48.5 Å². The molecule has 0 aliphatic rings. The fourth-order valence-electron chi connectivity index (χ4n) is 3.37. The third-order valence-corrected chi connectivity index (χ3v) is 5.87. The van der Waals surface area contributed by atoms with Crippen LogP contribution < -0.4 is 10.1 Å². The topological polar surface area (TPSA) is 94.5 Å². The summed E-state index contributed by atoms with van der Waals surface area (Å²) in [5.41, 5.74) is 2.41. The Hall–Kier alpha value is -3.85. The molecule has 0 saturated heterocycles. The van der Waals surface area contributed by atoms with Crippen LogP contribution in [0.1, 0.15) is 5.76 Å². The van der Waals surface area contributed by atoms with E-state index in [1.165, 1.54) is 11.8 Å². The van der Waals surface area contributed by atoms with Gasteiger partial charge in [-0.2, -0.15) is 0 Å². The van der Waals surface area contributed by atoms with Crippen LogP contribution >= 0.6 is 11.8 Å². The van der Waals surface area contributed by atoms with Crippen LogP contribution in [0.4, 0.5) is 0 Å². The van der Waals surface area contributed by atoms with Gasteiger partial charge in [-0.25, -0.2) is 4.98 Å². The molecule has 5 aromatic rings. The summed E-state index contributed by atoms with van der Waals surface area (Å²) in [5.74, 6) is 2.23. The lowest BCUT2D eigenvalue weighted by molar-refractivity contribution is -0.118. The molecule has 0 aliphatic heterocycles. The normalized spacial score (nSPS) is 11.2. The number of rotatable bonds is 7. The minimum atomic E-state index is -0.122. The highest BCUT2D eigenvalue weighted by molar-refractivity contribution is 7.99. The number of carbonyl (C=O) groups excluding carboxylic acids is 1. The molecule has 0 saturated carbocycles. The van der Waals surface area contributed by atoms with Crippen molar-refractivity contribution in [3.63, 3.8) is 0 Å². The van der Waals surface area contributed by atoms with Crippen molar-refractivity contribution in [3.8, 4) is 17.1 Å². The molecule has 5 rings (SSSR count). The van der Waals surface area contributed by atoms with Crippen molar-refractivity contribution in [1.82, 2.24) is 24.9 Å². The van der Waals surface area contributed by atoms with Crippen molar-refractivity contribution in [1.29, 1.82) is 0 Å². The van der Waals surface area contributed by atoms with Crippen molar-refractivity contribution >= 4 is 34.2 Å². The molecule has 0 aliphatic carbocycles. The number of methoxy groups -OCH3 is 1. The summed E-state index contributed by atoms with van der Waals surface area (Å²) >= 11 is 1.31. The van der Waals surface area contributed by atoms with Crippen molar-refractivity contribution in [2.45, 2.75) is 11.7 Å². The molecule has 8 nitrogen and oxygen atoms in total. The van der Waals surface area contributed by atoms with Crippen LogP contribution in [0.2, 0.25) is 0 Å². The SMILES string of the molecule is COc1ccc(-c2nc3ccccc3c3nnc(SCC(=O)NCc4ccco4)n23)cc1. The second-order valence-electron chi connectivity index (χ2n) is 6.97. The molecule has 0 fully saturated rings. The predicted molar refractivity (Wildman–Crippen MR) is 122 cm³/mol. The predicted octanol–water partition coefficient (Wildman–Crippen LogP) is 3.95. The molecular formula is C23H19N5O3S. The second kappa shape index (κ2) is 8.72. The molecule has 0 atom stereocenters. The van der Waals surface area contributed by atoms with E-state index >= 15 is 0 Å². The first-order chi connectivity index (χ1) is 15.7. The number of carbonyl (C=O) groups is 1. The molecule has 1 amide bonds. The van der Waals surface area contributed by atoms with Gasteiger partial charge in [-0.15, -0.1) is 10.2 Å². The summed E-state index contributed by atoms with van der Waals surface area (Å²) in [6.45, 7) is 0.344. The summed E-state index contributed by atoms with van der Waals surface area (Å²) < 4.78 is 12.4. The first kappa shape index (κ1) is 20.1. The molecule has 3 heterocycles. The number of benzene rings is 2. The number of ether oxygens (including phenoxy) is 1. The standard InChI is InChI=1S/C23H19N5O3S/c1-30-16-10-8-15(9-11-16)21-25-19-7-3-2-6-18(19)22-26-27-23(28(21)22)32-14-20(29)24-13-17-5-4-12-31-17/h2-12H,13-14H2,1H3,(H,24,29). The number of nitrogens with one attached hydrogen (secondary N) is 1. The Balaban J connectivity index is 1.48. The van der Waals surface area contributed by atoms with E-state index in [9.17, 15) is 4.79 Å². The molecule has 9 heteroatoms. The molecule has 0 radical (unpaired) electrons. The molecule has 1 N–H and O–H groups in total. The Bertz CT molecular complexity index is 1380. The number of fused-ring (bicyclic) bond motifs is 3. The number of thioether (sulfide) groups is 1. The number of para-hydroxylation sites is 1. The molecule has 0 spiro atoms. The third-order valence-electron chi connectivity index (χ3n) is 4.94. The molecular weight excluding hydrogens is 426 g/mol. The van der Waals surface area contributed by atoms with E-state index in [1.54, 1.807) is 19.4 Å². The van der Waals surface area contributed by atoms with E-state index < -0.39 is 0 Å². The Labute approximate surface area is 187 Å². The molecule has 0 bridgehead atoms. The van der Waals surface area contributed by atoms with Crippen LogP contribution in [0.15, 0.2) is 76.5 Å². The maximum Gasteiger partial charge on any atom is 0.230 e. The Kier molecular flexibility index (Phi) is 5.47. The minimum absolute atomic E-state index is 0.122. The van der Waals surface area contributed by atoms with Gasteiger partial charge in [0.05, 0.1) is 31.2 Å². The van der Waals surface area contributed by atoms with Gasteiger partial charge in [0, 0.05) is 10.9 Å². The third kappa shape index (κ3) is 3.90. The van der Waals surface area contributed by atoms with E-state index in [-0.39, 0.29) is 11.7 Å². The lowest BCUT2D eigenvalue weighted by Gasteiger charge is -2.10. The van der Waals surface area contributed by atoms with E-state index in [0.29, 0.717) is 28.9 Å². The fraction of sp³-hybridized carbons (Fsp3) is 0.130. The summed E-state index contributed by atoms with van der Waals surface area (Å²) in [5, 5.41) is 13.1. The highest BCUT2D eigenvalue weighted by Crippen LogP contribution is 2.29. The lowest BCUT2D eigenvalue weighted by Crippen LogP contribution is -2.24. The Morgan fingerprint density at radius 2 is 1.94 bits per heavy atom. The first-order valence-corrected chi connectivity index (χ1v) is 10.9. The molecule has 32 heavy (non-hydrogen) atoms. The highest BCUT2D eigenvalue weighted by Gasteiger charge is 2.17. The molecule has 0 unspecified atom stereocenters. The number of nitrogens with zero attached hydrogens (tertiary/aromatic N) is 4. The van der Waals surface area contributed by atoms with Crippen LogP contribution in [0.25, 0.3) is 27.9 Å². The van der Waals surface area contributed by atoms with Crippen molar-refractivity contribution in [2.75, 3.05) is 12.9 Å². The van der Waals surface area contributed by atoms with E-state index in [1.807, 2.05) is 59.0 Å². The van der Waals surface area contributed by atoms with Crippen LogP contribution in [-0.4, -0.2) is 38.4 Å². The smallest absolute Gasteiger partial charge is 0.230 e. The van der Waals surface area contributed by atoms with Crippen LogP contribution in [0.5, 0.6) is 5.75 Å². The first-order valence-electron chi connectivity index (χ1n) is 9.93. The van der Waals surface area contributed by atoms with Gasteiger partial charge in [0.2, 0.25) is 5.91 Å². The minimum Gasteiger partial charge on any atom is -0.497 e. The van der Waals surface area contributed by atoms with Gasteiger partial charge in [0.1, 0.15) is 17.3 Å².